The first-order chi connectivity index (χ1) is 14.2. The topological polar surface area (TPSA) is 118 Å². The predicted octanol–water partition coefficient (Wildman–Crippen LogP) is 2.34. The van der Waals surface area contributed by atoms with Crippen LogP contribution in [0.3, 0.4) is 0 Å². The van der Waals surface area contributed by atoms with Crippen molar-refractivity contribution in [2.75, 3.05) is 11.4 Å². The van der Waals surface area contributed by atoms with Crippen LogP contribution in [-0.2, 0) is 10.1 Å². The average Bonchev–Trinajstić information content (AvgIpc) is 2.68. The summed E-state index contributed by atoms with van der Waals surface area (Å²) in [4.78, 5) is 5.71. The largest absolute Gasteiger partial charge is 1.00 e. The molecule has 1 aromatic heterocycles. The van der Waals surface area contributed by atoms with Crippen LogP contribution in [0.5, 0.6) is 5.75 Å². The standard InChI is InChI=1S/C20H19BrN4O4S.K/c1-3-25(15-6-8-19(13(2)10-15)30(27,28)29)16-5-7-17(18(26)11-16)23-24-20-9-4-14(21)12-22-20;/h4-12,26H,3H2,1-2H3,(H,27,28,29);/q;+1/p-1. The van der Waals surface area contributed by atoms with Crippen molar-refractivity contribution < 1.29 is 69.5 Å². The Morgan fingerprint density at radius 2 is 1.77 bits per heavy atom. The van der Waals surface area contributed by atoms with Gasteiger partial charge < -0.3 is 14.6 Å². The summed E-state index contributed by atoms with van der Waals surface area (Å²) in [5, 5.41) is 18.4. The molecule has 156 valence electrons. The molecule has 2 aromatic carbocycles. The van der Waals surface area contributed by atoms with Gasteiger partial charge in [-0.05, 0) is 77.8 Å². The maximum Gasteiger partial charge on any atom is 1.00 e. The minimum Gasteiger partial charge on any atom is -0.744 e. The van der Waals surface area contributed by atoms with Crippen LogP contribution in [0.15, 0.2) is 74.3 Å². The zero-order valence-corrected chi connectivity index (χ0v) is 22.7. The maximum absolute atomic E-state index is 11.3. The Balaban J connectivity index is 0.00000341. The Kier molecular flexibility index (Phi) is 9.34. The molecule has 0 radical (unpaired) electrons. The number of halogens is 1. The van der Waals surface area contributed by atoms with Gasteiger partial charge in [-0.2, -0.15) is 0 Å². The molecule has 0 bridgehead atoms. The van der Waals surface area contributed by atoms with Crippen molar-refractivity contribution in [2.24, 2.45) is 10.2 Å². The average molecular weight is 529 g/mol. The second-order valence-electron chi connectivity index (χ2n) is 6.36. The third kappa shape index (κ3) is 6.65. The van der Waals surface area contributed by atoms with Gasteiger partial charge in [-0.15, -0.1) is 10.2 Å². The van der Waals surface area contributed by atoms with E-state index in [-0.39, 0.29) is 67.7 Å². The second kappa shape index (κ2) is 11.1. The number of aromatic nitrogens is 1. The van der Waals surface area contributed by atoms with E-state index in [1.54, 1.807) is 55.6 Å². The minimum absolute atomic E-state index is 0. The van der Waals surface area contributed by atoms with Crippen molar-refractivity contribution in [1.29, 1.82) is 0 Å². The van der Waals surface area contributed by atoms with E-state index < -0.39 is 10.1 Å². The summed E-state index contributed by atoms with van der Waals surface area (Å²) in [5.74, 6) is 0.336. The van der Waals surface area contributed by atoms with Crippen LogP contribution >= 0.6 is 15.9 Å². The Morgan fingerprint density at radius 3 is 2.32 bits per heavy atom. The number of nitrogens with zero attached hydrogens (tertiary/aromatic N) is 4. The van der Waals surface area contributed by atoms with Crippen molar-refractivity contribution in [3.63, 3.8) is 0 Å². The summed E-state index contributed by atoms with van der Waals surface area (Å²) in [7, 11) is -4.53. The molecule has 31 heavy (non-hydrogen) atoms. The number of anilines is 2. The molecule has 0 spiro atoms. The first-order valence-electron chi connectivity index (χ1n) is 8.89. The number of hydrogen-bond donors (Lipinski definition) is 1. The van der Waals surface area contributed by atoms with Crippen LogP contribution in [0, 0.1) is 6.92 Å². The van der Waals surface area contributed by atoms with Crippen LogP contribution < -0.4 is 56.3 Å². The first kappa shape index (κ1) is 26.1. The summed E-state index contributed by atoms with van der Waals surface area (Å²) in [5.41, 5.74) is 2.00. The number of phenolic OH excluding ortho intramolecular Hbond substituents is 1. The molecule has 0 aliphatic rings. The van der Waals surface area contributed by atoms with Crippen LogP contribution in [0.4, 0.5) is 22.9 Å². The van der Waals surface area contributed by atoms with Gasteiger partial charge in [0.15, 0.2) is 5.82 Å². The zero-order chi connectivity index (χ0) is 21.9. The Hall–Kier alpha value is -1.18. The molecule has 3 aromatic rings. The van der Waals surface area contributed by atoms with Gasteiger partial charge in [-0.25, -0.2) is 13.4 Å². The normalized spacial score (nSPS) is 11.4. The number of hydrogen-bond acceptors (Lipinski definition) is 8. The molecule has 0 fully saturated rings. The summed E-state index contributed by atoms with van der Waals surface area (Å²) < 4.78 is 34.8. The molecule has 0 aliphatic carbocycles. The summed E-state index contributed by atoms with van der Waals surface area (Å²) in [6.45, 7) is 4.03. The van der Waals surface area contributed by atoms with Gasteiger partial charge in [-0.3, -0.25) is 0 Å². The van der Waals surface area contributed by atoms with Crippen LogP contribution in [0.2, 0.25) is 0 Å². The maximum atomic E-state index is 11.3. The molecule has 3 rings (SSSR count). The van der Waals surface area contributed by atoms with E-state index in [1.165, 1.54) is 6.07 Å². The van der Waals surface area contributed by atoms with E-state index in [0.29, 0.717) is 29.3 Å². The molecular weight excluding hydrogens is 511 g/mol. The monoisotopic (exact) mass is 528 g/mol. The summed E-state index contributed by atoms with van der Waals surface area (Å²) in [6.07, 6.45) is 1.60. The predicted molar refractivity (Wildman–Crippen MR) is 116 cm³/mol. The number of azo groups is 1. The molecule has 1 N–H and O–H groups in total. The van der Waals surface area contributed by atoms with E-state index in [1.807, 2.05) is 11.8 Å². The van der Waals surface area contributed by atoms with Crippen LogP contribution in [-0.4, -0.2) is 29.6 Å². The van der Waals surface area contributed by atoms with Crippen LogP contribution in [0.1, 0.15) is 12.5 Å². The summed E-state index contributed by atoms with van der Waals surface area (Å²) in [6, 6.07) is 12.9. The number of aryl methyl sites for hydroxylation is 1. The van der Waals surface area contributed by atoms with E-state index >= 15 is 0 Å². The van der Waals surface area contributed by atoms with Gasteiger partial charge in [0.05, 0.1) is 4.90 Å². The number of phenols is 1. The fraction of sp³-hybridized carbons (Fsp3) is 0.150. The fourth-order valence-corrected chi connectivity index (χ4v) is 3.82. The van der Waals surface area contributed by atoms with Crippen molar-refractivity contribution in [3.05, 3.63) is 64.8 Å². The van der Waals surface area contributed by atoms with Gasteiger partial charge >= 0.3 is 51.4 Å². The number of pyridine rings is 1. The van der Waals surface area contributed by atoms with Crippen molar-refractivity contribution in [3.8, 4) is 5.75 Å². The molecule has 0 saturated carbocycles. The summed E-state index contributed by atoms with van der Waals surface area (Å²) >= 11 is 3.29. The molecule has 8 nitrogen and oxygen atoms in total. The molecular formula is C20H18BrKN4O4S. The van der Waals surface area contributed by atoms with E-state index in [4.69, 9.17) is 0 Å². The van der Waals surface area contributed by atoms with Gasteiger partial charge in [0.2, 0.25) is 0 Å². The van der Waals surface area contributed by atoms with E-state index in [0.717, 1.165) is 4.47 Å². The molecule has 0 aliphatic heterocycles. The molecule has 0 unspecified atom stereocenters. The Labute approximate surface area is 231 Å². The van der Waals surface area contributed by atoms with Crippen molar-refractivity contribution >= 4 is 48.9 Å². The van der Waals surface area contributed by atoms with Crippen LogP contribution in [0.25, 0.3) is 0 Å². The van der Waals surface area contributed by atoms with Crippen molar-refractivity contribution in [1.82, 2.24) is 4.98 Å². The molecule has 0 saturated heterocycles. The number of rotatable bonds is 6. The van der Waals surface area contributed by atoms with Gasteiger partial charge in [-0.1, -0.05) is 0 Å². The Morgan fingerprint density at radius 1 is 1.10 bits per heavy atom. The number of benzene rings is 2. The fourth-order valence-electron chi connectivity index (χ4n) is 2.89. The van der Waals surface area contributed by atoms with Crippen molar-refractivity contribution in [2.45, 2.75) is 18.7 Å². The molecule has 11 heteroatoms. The quantitative estimate of drug-likeness (QED) is 0.298. The SMILES string of the molecule is CCN(c1ccc(S(=O)(=O)[O-])c(C)c1)c1ccc(N=Nc2ccc(Br)cn2)c(O)c1.[K+]. The molecule has 0 amide bonds. The smallest absolute Gasteiger partial charge is 0.744 e. The molecule has 0 atom stereocenters. The number of aromatic hydroxyl groups is 1. The zero-order valence-electron chi connectivity index (χ0n) is 17.2. The van der Waals surface area contributed by atoms with E-state index in [2.05, 4.69) is 31.1 Å². The van der Waals surface area contributed by atoms with Gasteiger partial charge in [0, 0.05) is 34.7 Å². The Bertz CT molecular complexity index is 1200. The minimum atomic E-state index is -4.53. The first-order valence-corrected chi connectivity index (χ1v) is 11.1. The third-order valence-corrected chi connectivity index (χ3v) is 5.76. The van der Waals surface area contributed by atoms with E-state index in [9.17, 15) is 18.1 Å². The van der Waals surface area contributed by atoms with Gasteiger partial charge in [0.25, 0.3) is 0 Å². The third-order valence-electron chi connectivity index (χ3n) is 4.30. The van der Waals surface area contributed by atoms with Gasteiger partial charge in [0.1, 0.15) is 21.6 Å². The second-order valence-corrected chi connectivity index (χ2v) is 8.62. The molecule has 1 heterocycles.